The summed E-state index contributed by atoms with van der Waals surface area (Å²) in [6.45, 7) is 7.87. The number of carboxylic acid groups (broad SMARTS) is 1. The molecule has 0 saturated carbocycles. The lowest BCUT2D eigenvalue weighted by molar-refractivity contribution is -0.149. The maximum Gasteiger partial charge on any atom is 0.320 e. The normalized spacial score (nSPS) is 15.1. The van der Waals surface area contributed by atoms with Gasteiger partial charge in [-0.25, -0.2) is 9.37 Å². The molecule has 1 aliphatic heterocycles. The predicted molar refractivity (Wildman–Crippen MR) is 147 cm³/mol. The Morgan fingerprint density at radius 1 is 1.12 bits per heavy atom. The number of aromatic nitrogens is 3. The Morgan fingerprint density at radius 3 is 2.42 bits per heavy atom. The highest BCUT2D eigenvalue weighted by atomic mass is 19.1. The van der Waals surface area contributed by atoms with E-state index in [1.165, 1.54) is 18.3 Å². The number of rotatable bonds is 10. The first-order valence-electron chi connectivity index (χ1n) is 12.5. The van der Waals surface area contributed by atoms with Crippen molar-refractivity contribution < 1.29 is 28.2 Å². The molecule has 0 bridgehead atoms. The number of hydrogen-bond donors (Lipinski definition) is 3. The van der Waals surface area contributed by atoms with Crippen molar-refractivity contribution in [3.05, 3.63) is 84.9 Å². The fourth-order valence-electron chi connectivity index (χ4n) is 3.87. The lowest BCUT2D eigenvalue weighted by atomic mass is 9.80. The molecule has 3 aromatic rings. The molecule has 3 N–H and O–H groups in total. The first-order valence-corrected chi connectivity index (χ1v) is 12.5. The second-order valence-corrected chi connectivity index (χ2v) is 9.35. The first-order chi connectivity index (χ1) is 19.1. The molecular formula is C28H29FN6O5. The van der Waals surface area contributed by atoms with Gasteiger partial charge in [0.25, 0.3) is 0 Å². The van der Waals surface area contributed by atoms with Crippen LogP contribution in [0.15, 0.2) is 83.4 Å². The van der Waals surface area contributed by atoms with Crippen LogP contribution in [0, 0.1) is 5.41 Å². The lowest BCUT2D eigenvalue weighted by Crippen LogP contribution is -2.43. The zero-order valence-corrected chi connectivity index (χ0v) is 22.1. The quantitative estimate of drug-likeness (QED) is 0.220. The van der Waals surface area contributed by atoms with Crippen molar-refractivity contribution >= 4 is 35.1 Å². The zero-order chi connectivity index (χ0) is 28.7. The van der Waals surface area contributed by atoms with E-state index in [0.717, 1.165) is 0 Å². The Bertz CT molecular complexity index is 1420. The lowest BCUT2D eigenvalue weighted by Gasteiger charge is -2.37. The third kappa shape index (κ3) is 7.10. The molecule has 0 aliphatic carbocycles. The van der Waals surface area contributed by atoms with Gasteiger partial charge < -0.3 is 29.8 Å². The molecule has 0 radical (unpaired) electrons. The Kier molecular flexibility index (Phi) is 8.57. The van der Waals surface area contributed by atoms with E-state index in [1.807, 2.05) is 4.90 Å². The van der Waals surface area contributed by atoms with Crippen LogP contribution in [0.4, 0.5) is 27.6 Å². The van der Waals surface area contributed by atoms with Crippen LogP contribution in [0.5, 0.6) is 5.75 Å². The molecule has 0 spiro atoms. The zero-order valence-electron chi connectivity index (χ0n) is 22.1. The van der Waals surface area contributed by atoms with Crippen LogP contribution in [-0.4, -0.2) is 45.3 Å². The van der Waals surface area contributed by atoms with E-state index < -0.39 is 23.1 Å². The van der Waals surface area contributed by atoms with Gasteiger partial charge in [0.05, 0.1) is 17.3 Å². The number of halogens is 1. The average molecular weight is 549 g/mol. The predicted octanol–water partition coefficient (Wildman–Crippen LogP) is 5.47. The van der Waals surface area contributed by atoms with Crippen molar-refractivity contribution in [2.24, 2.45) is 5.41 Å². The summed E-state index contributed by atoms with van der Waals surface area (Å²) in [4.78, 5) is 30.5. The average Bonchev–Trinajstić information content (AvgIpc) is 3.41. The fraction of sp³-hybridized carbons (Fsp3) is 0.250. The highest BCUT2D eigenvalue weighted by molar-refractivity contribution is 6.00. The maximum atomic E-state index is 12.8. The summed E-state index contributed by atoms with van der Waals surface area (Å²) in [6.07, 6.45) is 6.93. The molecule has 0 unspecified atom stereocenters. The molecule has 1 aliphatic rings. The van der Waals surface area contributed by atoms with Gasteiger partial charge in [0, 0.05) is 18.8 Å². The second-order valence-electron chi connectivity index (χ2n) is 9.35. The molecule has 40 heavy (non-hydrogen) atoms. The van der Waals surface area contributed by atoms with Gasteiger partial charge in [-0.1, -0.05) is 11.7 Å². The Labute approximate surface area is 230 Å². The molecule has 1 amide bonds. The van der Waals surface area contributed by atoms with Gasteiger partial charge in [-0.05, 0) is 81.3 Å². The number of ether oxygens (including phenoxy) is 1. The summed E-state index contributed by atoms with van der Waals surface area (Å²) in [7, 11) is 0. The minimum absolute atomic E-state index is 0.0179. The third-order valence-electron chi connectivity index (χ3n) is 6.39. The Balaban J connectivity index is 1.30. The number of pyridine rings is 1. The molecule has 1 fully saturated rings. The number of nitrogens with one attached hydrogen (secondary N) is 2. The highest BCUT2D eigenvalue weighted by Gasteiger charge is 2.37. The van der Waals surface area contributed by atoms with E-state index in [2.05, 4.69) is 32.4 Å². The van der Waals surface area contributed by atoms with Crippen molar-refractivity contribution in [2.45, 2.75) is 26.7 Å². The van der Waals surface area contributed by atoms with E-state index in [9.17, 15) is 19.1 Å². The van der Waals surface area contributed by atoms with E-state index in [1.54, 1.807) is 56.3 Å². The SMILES string of the molecule is C=C(F)/C=C\C(=C/C)Oc1ccc(Nc2nnc(C(=O)Nc3ccc(N4CCC(C)(C(=O)O)CC4)nc3)o2)cc1. The molecule has 2 aromatic heterocycles. The number of nitrogens with zero attached hydrogens (tertiary/aromatic N) is 4. The number of carboxylic acids is 1. The van der Waals surface area contributed by atoms with Crippen LogP contribution in [0.2, 0.25) is 0 Å². The number of amides is 1. The number of carbonyl (C=O) groups excluding carboxylic acids is 1. The van der Waals surface area contributed by atoms with Crippen molar-refractivity contribution in [2.75, 3.05) is 28.6 Å². The standard InChI is InChI=1S/C28H29FN6O5/c1-4-21(9-5-18(2)29)39-22-10-6-19(7-11-22)32-27-34-33-25(40-27)24(36)31-20-8-12-23(30-17-20)35-15-13-28(3,14-16-35)26(37)38/h4-12,17H,2,13-16H2,1,3H3,(H,31,36)(H,32,34)(H,37,38)/b9-5-,21-4+. The molecule has 11 nitrogen and oxygen atoms in total. The molecule has 0 atom stereocenters. The van der Waals surface area contributed by atoms with Gasteiger partial charge in [-0.2, -0.15) is 0 Å². The van der Waals surface area contributed by atoms with Gasteiger partial charge in [-0.15, -0.1) is 5.10 Å². The summed E-state index contributed by atoms with van der Waals surface area (Å²) >= 11 is 0. The van der Waals surface area contributed by atoms with E-state index in [0.29, 0.717) is 54.6 Å². The first kappa shape index (κ1) is 28.0. The van der Waals surface area contributed by atoms with E-state index in [4.69, 9.17) is 9.15 Å². The molecule has 4 rings (SSSR count). The number of aliphatic carboxylic acids is 1. The monoisotopic (exact) mass is 548 g/mol. The van der Waals surface area contributed by atoms with Crippen molar-refractivity contribution in [3.63, 3.8) is 0 Å². The summed E-state index contributed by atoms with van der Waals surface area (Å²) in [5, 5.41) is 22.6. The Hall–Kier alpha value is -5.00. The van der Waals surface area contributed by atoms with Gasteiger partial charge >= 0.3 is 23.8 Å². The number of hydrogen-bond acceptors (Lipinski definition) is 9. The van der Waals surface area contributed by atoms with E-state index in [-0.39, 0.29) is 11.9 Å². The Morgan fingerprint density at radius 2 is 1.82 bits per heavy atom. The van der Waals surface area contributed by atoms with Gasteiger partial charge in [0.2, 0.25) is 0 Å². The highest BCUT2D eigenvalue weighted by Crippen LogP contribution is 2.33. The van der Waals surface area contributed by atoms with Crippen molar-refractivity contribution in [3.8, 4) is 5.75 Å². The summed E-state index contributed by atoms with van der Waals surface area (Å²) < 4.78 is 23.9. The van der Waals surface area contributed by atoms with Gasteiger partial charge in [0.15, 0.2) is 0 Å². The molecule has 12 heteroatoms. The second kappa shape index (κ2) is 12.2. The topological polar surface area (TPSA) is 143 Å². The molecule has 208 valence electrons. The minimum Gasteiger partial charge on any atom is -0.481 e. The van der Waals surface area contributed by atoms with Crippen molar-refractivity contribution in [1.82, 2.24) is 15.2 Å². The van der Waals surface area contributed by atoms with Crippen LogP contribution < -0.4 is 20.3 Å². The minimum atomic E-state index is -0.781. The summed E-state index contributed by atoms with van der Waals surface area (Å²) in [6, 6.07) is 10.3. The van der Waals surface area contributed by atoms with Gasteiger partial charge in [0.1, 0.15) is 23.2 Å². The third-order valence-corrected chi connectivity index (χ3v) is 6.39. The summed E-state index contributed by atoms with van der Waals surface area (Å²) in [5.74, 6) is -0.521. The van der Waals surface area contributed by atoms with Crippen LogP contribution in [-0.2, 0) is 4.79 Å². The smallest absolute Gasteiger partial charge is 0.320 e. The number of allylic oxidation sites excluding steroid dienone is 4. The summed E-state index contributed by atoms with van der Waals surface area (Å²) in [5.41, 5.74) is 0.330. The van der Waals surface area contributed by atoms with Crippen LogP contribution >= 0.6 is 0 Å². The van der Waals surface area contributed by atoms with Crippen LogP contribution in [0.3, 0.4) is 0 Å². The molecular weight excluding hydrogens is 519 g/mol. The van der Waals surface area contributed by atoms with Crippen molar-refractivity contribution in [1.29, 1.82) is 0 Å². The van der Waals surface area contributed by atoms with E-state index >= 15 is 0 Å². The fourth-order valence-corrected chi connectivity index (χ4v) is 3.87. The molecule has 1 aromatic carbocycles. The molecule has 1 saturated heterocycles. The maximum absolute atomic E-state index is 12.8. The number of anilines is 4. The number of benzene rings is 1. The van der Waals surface area contributed by atoms with Crippen LogP contribution in [0.1, 0.15) is 37.4 Å². The van der Waals surface area contributed by atoms with Gasteiger partial charge in [-0.3, -0.25) is 9.59 Å². The van der Waals surface area contributed by atoms with Crippen LogP contribution in [0.25, 0.3) is 0 Å². The number of carbonyl (C=O) groups is 2. The largest absolute Gasteiger partial charge is 0.481 e. The number of piperidine rings is 1. The molecule has 3 heterocycles.